The molecule has 0 saturated heterocycles. The third-order valence-electron chi connectivity index (χ3n) is 2.83. The fourth-order valence-electron chi connectivity index (χ4n) is 1.96. The van der Waals surface area contributed by atoms with Gasteiger partial charge in [-0.15, -0.1) is 0 Å². The molecule has 21 heavy (non-hydrogen) atoms. The van der Waals surface area contributed by atoms with Crippen LogP contribution in [0.4, 0.5) is 0 Å². The molecule has 0 aliphatic rings. The highest BCUT2D eigenvalue weighted by Gasteiger charge is 2.37. The molecular weight excluding hydrogens is 314 g/mol. The van der Waals surface area contributed by atoms with E-state index in [4.69, 9.17) is 18.8 Å². The van der Waals surface area contributed by atoms with Gasteiger partial charge in [0.05, 0.1) is 25.5 Å². The van der Waals surface area contributed by atoms with Crippen molar-refractivity contribution in [2.24, 2.45) is 5.41 Å². The average molecular weight is 344 g/mol. The van der Waals surface area contributed by atoms with Crippen LogP contribution in [0.5, 0.6) is 0 Å². The molecule has 2 N–H and O–H groups in total. The van der Waals surface area contributed by atoms with E-state index in [1.807, 2.05) is 13.8 Å². The molecular formula is C13H30O6P2. The lowest BCUT2D eigenvalue weighted by atomic mass is 10.0. The minimum atomic E-state index is -4.17. The zero-order valence-electron chi connectivity index (χ0n) is 13.6. The largest absolute Gasteiger partial charge is 0.331 e. The number of rotatable bonds is 12. The van der Waals surface area contributed by atoms with Crippen molar-refractivity contribution in [2.45, 2.75) is 53.4 Å². The van der Waals surface area contributed by atoms with Crippen LogP contribution < -0.4 is 0 Å². The predicted octanol–water partition coefficient (Wildman–Crippen LogP) is 4.02. The Balaban J connectivity index is 4.77. The Labute approximate surface area is 128 Å². The maximum Gasteiger partial charge on any atom is 0.331 e. The molecule has 0 amide bonds. The molecule has 0 unspecified atom stereocenters. The lowest BCUT2D eigenvalue weighted by molar-refractivity contribution is 0.191. The Morgan fingerprint density at radius 3 is 1.67 bits per heavy atom. The van der Waals surface area contributed by atoms with E-state index in [1.54, 1.807) is 13.8 Å². The summed E-state index contributed by atoms with van der Waals surface area (Å²) in [5, 5.41) is 0. The summed E-state index contributed by atoms with van der Waals surface area (Å²) in [6.07, 6.45) is 3.07. The van der Waals surface area contributed by atoms with Crippen molar-refractivity contribution in [3.8, 4) is 0 Å². The SMILES string of the molecule is CCCCOP(=O)(CC(C)(C)CP(=O)(O)O)OCCCC. The molecule has 6 nitrogen and oxygen atoms in total. The monoisotopic (exact) mass is 344 g/mol. The van der Waals surface area contributed by atoms with Gasteiger partial charge in [0.25, 0.3) is 0 Å². The molecule has 128 valence electrons. The zero-order chi connectivity index (χ0) is 16.6. The Kier molecular flexibility index (Phi) is 9.58. The quantitative estimate of drug-likeness (QED) is 0.410. The summed E-state index contributed by atoms with van der Waals surface area (Å²) in [5.41, 5.74) is -0.813. The maximum atomic E-state index is 12.8. The van der Waals surface area contributed by atoms with Crippen LogP contribution in [0.15, 0.2) is 0 Å². The van der Waals surface area contributed by atoms with Crippen molar-refractivity contribution in [3.63, 3.8) is 0 Å². The van der Waals surface area contributed by atoms with E-state index in [1.165, 1.54) is 0 Å². The summed E-state index contributed by atoms with van der Waals surface area (Å²) in [5.74, 6) is 0. The van der Waals surface area contributed by atoms with Gasteiger partial charge in [0.1, 0.15) is 0 Å². The Morgan fingerprint density at radius 1 is 0.905 bits per heavy atom. The fraction of sp³-hybridized carbons (Fsp3) is 1.00. The third-order valence-corrected chi connectivity index (χ3v) is 6.49. The van der Waals surface area contributed by atoms with Crippen LogP contribution in [0.3, 0.4) is 0 Å². The summed E-state index contributed by atoms with van der Waals surface area (Å²) in [6.45, 7) is 8.03. The van der Waals surface area contributed by atoms with Crippen LogP contribution in [0.2, 0.25) is 0 Å². The van der Waals surface area contributed by atoms with Crippen LogP contribution >= 0.6 is 15.2 Å². The number of unbranched alkanes of at least 4 members (excludes halogenated alkanes) is 2. The van der Waals surface area contributed by atoms with Crippen molar-refractivity contribution in [1.29, 1.82) is 0 Å². The van der Waals surface area contributed by atoms with Crippen LogP contribution in [0.25, 0.3) is 0 Å². The van der Waals surface area contributed by atoms with Crippen molar-refractivity contribution >= 4 is 15.2 Å². The third kappa shape index (κ3) is 11.5. The predicted molar refractivity (Wildman–Crippen MR) is 84.9 cm³/mol. The van der Waals surface area contributed by atoms with E-state index in [9.17, 15) is 9.13 Å². The second kappa shape index (κ2) is 9.44. The van der Waals surface area contributed by atoms with Gasteiger partial charge in [-0.1, -0.05) is 40.5 Å². The maximum absolute atomic E-state index is 12.8. The molecule has 0 heterocycles. The molecule has 0 fully saturated rings. The summed E-state index contributed by atoms with van der Waals surface area (Å²) in [4.78, 5) is 18.2. The Bertz CT molecular complexity index is 363. The molecule has 0 aromatic carbocycles. The van der Waals surface area contributed by atoms with E-state index in [2.05, 4.69) is 0 Å². The first-order chi connectivity index (χ1) is 9.54. The number of hydrogen-bond acceptors (Lipinski definition) is 4. The highest BCUT2D eigenvalue weighted by molar-refractivity contribution is 7.54. The van der Waals surface area contributed by atoms with Gasteiger partial charge >= 0.3 is 15.2 Å². The van der Waals surface area contributed by atoms with Crippen molar-refractivity contribution in [1.82, 2.24) is 0 Å². The Hall–Kier alpha value is 0.300. The Morgan fingerprint density at radius 2 is 1.33 bits per heavy atom. The van der Waals surface area contributed by atoms with E-state index in [0.29, 0.717) is 13.2 Å². The first kappa shape index (κ1) is 21.3. The van der Waals surface area contributed by atoms with Gasteiger partial charge in [-0.2, -0.15) is 0 Å². The smallest absolute Gasteiger partial charge is 0.324 e. The second-order valence-electron chi connectivity index (χ2n) is 6.13. The molecule has 0 aliphatic heterocycles. The van der Waals surface area contributed by atoms with Crippen LogP contribution in [0.1, 0.15) is 53.4 Å². The molecule has 0 radical (unpaired) electrons. The van der Waals surface area contributed by atoms with E-state index < -0.39 is 20.6 Å². The molecule has 0 spiro atoms. The van der Waals surface area contributed by atoms with Crippen molar-refractivity contribution in [3.05, 3.63) is 0 Å². The molecule has 0 rings (SSSR count). The van der Waals surface area contributed by atoms with Crippen LogP contribution in [-0.2, 0) is 18.2 Å². The number of hydrogen-bond donors (Lipinski definition) is 2. The molecule has 0 saturated carbocycles. The normalized spacial score (nSPS) is 13.6. The molecule has 0 aliphatic carbocycles. The molecule has 0 atom stereocenters. The fourth-order valence-corrected chi connectivity index (χ4v) is 5.59. The topological polar surface area (TPSA) is 93.1 Å². The summed E-state index contributed by atoms with van der Waals surface area (Å²) in [6, 6.07) is 0. The minimum Gasteiger partial charge on any atom is -0.324 e. The van der Waals surface area contributed by atoms with Gasteiger partial charge in [-0.3, -0.25) is 9.13 Å². The first-order valence-corrected chi connectivity index (χ1v) is 11.0. The zero-order valence-corrected chi connectivity index (χ0v) is 15.4. The van der Waals surface area contributed by atoms with Gasteiger partial charge in [0.15, 0.2) is 0 Å². The van der Waals surface area contributed by atoms with Crippen LogP contribution in [-0.4, -0.2) is 35.3 Å². The first-order valence-electron chi connectivity index (χ1n) is 7.46. The highest BCUT2D eigenvalue weighted by atomic mass is 31.2. The van der Waals surface area contributed by atoms with E-state index >= 15 is 0 Å². The summed E-state index contributed by atoms with van der Waals surface area (Å²) < 4.78 is 34.8. The summed E-state index contributed by atoms with van der Waals surface area (Å²) in [7, 11) is -7.50. The van der Waals surface area contributed by atoms with Crippen LogP contribution in [0, 0.1) is 5.41 Å². The van der Waals surface area contributed by atoms with Gasteiger partial charge in [-0.05, 0) is 18.3 Å². The second-order valence-corrected chi connectivity index (χ2v) is 9.83. The van der Waals surface area contributed by atoms with Gasteiger partial charge in [-0.25, -0.2) is 0 Å². The van der Waals surface area contributed by atoms with Gasteiger partial charge in [0, 0.05) is 0 Å². The average Bonchev–Trinajstić information content (AvgIpc) is 2.25. The van der Waals surface area contributed by atoms with E-state index in [-0.39, 0.29) is 12.3 Å². The van der Waals surface area contributed by atoms with Crippen molar-refractivity contribution in [2.75, 3.05) is 25.5 Å². The van der Waals surface area contributed by atoms with Crippen molar-refractivity contribution < 1.29 is 28.0 Å². The lowest BCUT2D eigenvalue weighted by Crippen LogP contribution is -2.23. The molecule has 0 aromatic heterocycles. The van der Waals surface area contributed by atoms with Gasteiger partial charge in [0.2, 0.25) is 0 Å². The minimum absolute atomic E-state index is 0.0124. The molecule has 0 aromatic rings. The molecule has 0 bridgehead atoms. The highest BCUT2D eigenvalue weighted by Crippen LogP contribution is 2.55. The van der Waals surface area contributed by atoms with Gasteiger partial charge < -0.3 is 18.8 Å². The van der Waals surface area contributed by atoms with E-state index in [0.717, 1.165) is 25.7 Å². The summed E-state index contributed by atoms with van der Waals surface area (Å²) >= 11 is 0. The lowest BCUT2D eigenvalue weighted by Gasteiger charge is -2.29. The molecule has 8 heteroatoms. The standard InChI is InChI=1S/C13H30O6P2/c1-5-7-9-18-21(17,19-10-8-6-2)12-13(3,4)11-20(14,15)16/h5-12H2,1-4H3,(H2,14,15,16).